The van der Waals surface area contributed by atoms with Crippen LogP contribution >= 0.6 is 0 Å². The van der Waals surface area contributed by atoms with Crippen molar-refractivity contribution in [3.8, 4) is 0 Å². The fraction of sp³-hybridized carbons (Fsp3) is 0.949. The predicted octanol–water partition coefficient (Wildman–Crippen LogP) is 1.36. The van der Waals surface area contributed by atoms with Crippen LogP contribution in [0.4, 0.5) is 0 Å². The van der Waals surface area contributed by atoms with Crippen molar-refractivity contribution in [1.82, 2.24) is 0 Å². The summed E-state index contributed by atoms with van der Waals surface area (Å²) in [6, 6.07) is 0. The third-order valence-electron chi connectivity index (χ3n) is 15.6. The van der Waals surface area contributed by atoms with Gasteiger partial charge in [0, 0.05) is 24.2 Å². The second kappa shape index (κ2) is 13.7. The number of aliphatic hydroxyl groups is 7. The molecule has 0 aromatic carbocycles. The van der Waals surface area contributed by atoms with Crippen LogP contribution in [0, 0.1) is 46.3 Å². The summed E-state index contributed by atoms with van der Waals surface area (Å²) in [6.45, 7) is 11.0. The second-order valence-corrected chi connectivity index (χ2v) is 18.3. The third-order valence-corrected chi connectivity index (χ3v) is 15.6. The van der Waals surface area contributed by atoms with Gasteiger partial charge in [-0.25, -0.2) is 0 Å². The lowest BCUT2D eigenvalue weighted by Gasteiger charge is -2.60. The monoisotopic (exact) mass is 738 g/mol. The number of fused-ring (bicyclic) bond motifs is 7. The number of ether oxygens (including phenoxy) is 6. The molecule has 4 aliphatic carbocycles. The largest absolute Gasteiger partial charge is 0.394 e. The van der Waals surface area contributed by atoms with Crippen molar-refractivity contribution in [2.45, 2.75) is 171 Å². The molecular formula is C39H62O13. The molecule has 8 rings (SSSR count). The summed E-state index contributed by atoms with van der Waals surface area (Å²) >= 11 is 0. The summed E-state index contributed by atoms with van der Waals surface area (Å²) in [5.41, 5.74) is 0.762. The molecule has 13 heteroatoms. The van der Waals surface area contributed by atoms with E-state index in [1.54, 1.807) is 0 Å². The van der Waals surface area contributed by atoms with Crippen molar-refractivity contribution < 1.29 is 64.2 Å². The Bertz CT molecular complexity index is 1340. The molecule has 7 N–H and O–H groups in total. The van der Waals surface area contributed by atoms with Gasteiger partial charge in [0.1, 0.15) is 42.7 Å². The summed E-state index contributed by atoms with van der Waals surface area (Å²) in [5.74, 6) is 1.86. The van der Waals surface area contributed by atoms with Crippen molar-refractivity contribution in [2.24, 2.45) is 46.3 Å². The van der Waals surface area contributed by atoms with Crippen LogP contribution in [0.3, 0.4) is 0 Å². The third kappa shape index (κ3) is 5.74. The summed E-state index contributed by atoms with van der Waals surface area (Å²) in [5, 5.41) is 74.9. The molecule has 4 saturated heterocycles. The van der Waals surface area contributed by atoms with Crippen LogP contribution < -0.4 is 0 Å². The lowest BCUT2D eigenvalue weighted by molar-refractivity contribution is -0.374. The fourth-order valence-corrected chi connectivity index (χ4v) is 12.6. The summed E-state index contributed by atoms with van der Waals surface area (Å²) in [4.78, 5) is 0. The first-order valence-electron chi connectivity index (χ1n) is 19.9. The van der Waals surface area contributed by atoms with Crippen molar-refractivity contribution >= 4 is 0 Å². The van der Waals surface area contributed by atoms with Crippen molar-refractivity contribution in [1.29, 1.82) is 0 Å². The number of hydrogen-bond donors (Lipinski definition) is 7. The van der Waals surface area contributed by atoms with Crippen molar-refractivity contribution in [3.63, 3.8) is 0 Å². The molecule has 0 aromatic rings. The van der Waals surface area contributed by atoms with Crippen LogP contribution in [0.25, 0.3) is 0 Å². The van der Waals surface area contributed by atoms with E-state index in [1.807, 2.05) is 0 Å². The lowest BCUT2D eigenvalue weighted by atomic mass is 9.46. The summed E-state index contributed by atoms with van der Waals surface area (Å²) < 4.78 is 38.2. The van der Waals surface area contributed by atoms with E-state index < -0.39 is 91.4 Å². The molecule has 0 unspecified atom stereocenters. The number of aliphatic hydroxyl groups excluding tert-OH is 7. The Morgan fingerprint density at radius 1 is 0.827 bits per heavy atom. The first-order valence-corrected chi connectivity index (χ1v) is 19.9. The average molecular weight is 739 g/mol. The van der Waals surface area contributed by atoms with Gasteiger partial charge in [-0.15, -0.1) is 0 Å². The van der Waals surface area contributed by atoms with Gasteiger partial charge in [-0.3, -0.25) is 0 Å². The Balaban J connectivity index is 1.06. The number of allylic oxidation sites excluding steroid dienone is 1. The number of rotatable bonds is 5. The highest BCUT2D eigenvalue weighted by Gasteiger charge is 2.69. The quantitative estimate of drug-likeness (QED) is 0.200. The predicted molar refractivity (Wildman–Crippen MR) is 183 cm³/mol. The van der Waals surface area contributed by atoms with Crippen molar-refractivity contribution in [3.05, 3.63) is 11.6 Å². The Kier molecular flexibility index (Phi) is 10.0. The maximum atomic E-state index is 11.3. The molecule has 13 nitrogen and oxygen atoms in total. The highest BCUT2D eigenvalue weighted by molar-refractivity contribution is 5.29. The Hall–Kier alpha value is -0.780. The zero-order valence-corrected chi connectivity index (χ0v) is 31.2. The topological polar surface area (TPSA) is 197 Å². The van der Waals surface area contributed by atoms with Gasteiger partial charge in [-0.05, 0) is 80.5 Å². The van der Waals surface area contributed by atoms with Crippen LogP contribution in [-0.2, 0) is 28.4 Å². The van der Waals surface area contributed by atoms with E-state index in [1.165, 1.54) is 6.92 Å². The van der Waals surface area contributed by atoms with E-state index in [-0.39, 0.29) is 17.4 Å². The van der Waals surface area contributed by atoms with Crippen molar-refractivity contribution in [2.75, 3.05) is 13.2 Å². The van der Waals surface area contributed by atoms with Crippen LogP contribution in [0.5, 0.6) is 0 Å². The minimum Gasteiger partial charge on any atom is -0.394 e. The number of hydrogen-bond acceptors (Lipinski definition) is 13. The van der Waals surface area contributed by atoms with E-state index in [0.29, 0.717) is 42.4 Å². The van der Waals surface area contributed by atoms with Gasteiger partial charge < -0.3 is 64.2 Å². The van der Waals surface area contributed by atoms with E-state index in [0.717, 1.165) is 50.7 Å². The average Bonchev–Trinajstić information content (AvgIpc) is 3.56. The SMILES string of the molecule is C[C@H]1CC[C@@]2(OC1)O[C@H]1C[C@H]3[C@H]4CC=C5C[C@@H](O)C[C@@H](O[C@H]6O[C@@H](CO)[C@H](O)[C@@H](O)[C@H]6O[C@@H]6O[C@@H](C)[C@H](O)[C@@H](O)[C@H]6O)[C@]5(C)[C@H]4CC[C@]3(C)[C@H]1[C@@H]2C. The molecule has 0 radical (unpaired) electrons. The maximum Gasteiger partial charge on any atom is 0.187 e. The van der Waals surface area contributed by atoms with Gasteiger partial charge in [0.25, 0.3) is 0 Å². The zero-order chi connectivity index (χ0) is 37.1. The molecule has 22 atom stereocenters. The Morgan fingerprint density at radius 2 is 1.60 bits per heavy atom. The highest BCUT2D eigenvalue weighted by Crippen LogP contribution is 2.71. The molecule has 7 fully saturated rings. The first kappa shape index (κ1) is 38.1. The van der Waals surface area contributed by atoms with Gasteiger partial charge in [-0.1, -0.05) is 39.3 Å². The molecular weight excluding hydrogens is 676 g/mol. The Morgan fingerprint density at radius 3 is 2.31 bits per heavy atom. The smallest absolute Gasteiger partial charge is 0.187 e. The molecule has 0 aromatic heterocycles. The van der Waals surface area contributed by atoms with Crippen LogP contribution in [0.1, 0.15) is 86.0 Å². The molecule has 4 heterocycles. The van der Waals surface area contributed by atoms with E-state index in [9.17, 15) is 35.7 Å². The van der Waals surface area contributed by atoms with Crippen LogP contribution in [-0.4, -0.2) is 134 Å². The standard InChI is InChI=1S/C39H62O13/c1-17-8-11-39(47-16-17)18(2)28-25(52-39)14-24-22-7-6-20-12-21(41)13-27(38(20,5)23(22)9-10-37(24,28)4)50-36-34(32(45)30(43)26(15-40)49-36)51-35-33(46)31(44)29(42)19(3)48-35/h6,17-19,21-36,40-46H,7-16H2,1-5H3/t17-,18-,19-,21+,22-,23-,24-,25-,26-,27+,28-,29-,30-,31+,32+,33+,34+,35-,36+,37-,38-,39+/m0/s1. The normalized spacial score (nSPS) is 58.9. The first-order chi connectivity index (χ1) is 24.6. The molecule has 0 bridgehead atoms. The Labute approximate surface area is 306 Å². The molecule has 52 heavy (non-hydrogen) atoms. The van der Waals surface area contributed by atoms with Gasteiger partial charge in [0.15, 0.2) is 18.4 Å². The molecule has 0 amide bonds. The summed E-state index contributed by atoms with van der Waals surface area (Å²) in [6.07, 6.45) is -5.95. The summed E-state index contributed by atoms with van der Waals surface area (Å²) in [7, 11) is 0. The molecule has 8 aliphatic rings. The van der Waals surface area contributed by atoms with Gasteiger partial charge >= 0.3 is 0 Å². The van der Waals surface area contributed by atoms with Crippen LogP contribution in [0.2, 0.25) is 0 Å². The second-order valence-electron chi connectivity index (χ2n) is 18.3. The molecule has 296 valence electrons. The zero-order valence-electron chi connectivity index (χ0n) is 31.2. The van der Waals surface area contributed by atoms with E-state index in [4.69, 9.17) is 28.4 Å². The van der Waals surface area contributed by atoms with E-state index in [2.05, 4.69) is 33.8 Å². The molecule has 4 aliphatic heterocycles. The van der Waals surface area contributed by atoms with E-state index >= 15 is 0 Å². The minimum atomic E-state index is -1.66. The van der Waals surface area contributed by atoms with Gasteiger partial charge in [0.2, 0.25) is 0 Å². The maximum absolute atomic E-state index is 11.3. The highest BCUT2D eigenvalue weighted by atomic mass is 16.8. The minimum absolute atomic E-state index is 0.101. The molecule has 1 spiro atoms. The van der Waals surface area contributed by atoms with Gasteiger partial charge in [0.05, 0.1) is 37.6 Å². The fourth-order valence-electron chi connectivity index (χ4n) is 12.6. The molecule has 3 saturated carbocycles. The van der Waals surface area contributed by atoms with Gasteiger partial charge in [-0.2, -0.15) is 0 Å². The lowest BCUT2D eigenvalue weighted by Crippen LogP contribution is -2.65. The van der Waals surface area contributed by atoms with Crippen LogP contribution in [0.15, 0.2) is 11.6 Å².